The molecule has 0 bridgehead atoms. The van der Waals surface area contributed by atoms with Crippen molar-refractivity contribution in [2.75, 3.05) is 13.2 Å². The monoisotopic (exact) mass is 512 g/mol. The molecule has 0 unspecified atom stereocenters. The third-order valence-corrected chi connectivity index (χ3v) is 5.58. The summed E-state index contributed by atoms with van der Waals surface area (Å²) in [5.41, 5.74) is 0.724. The summed E-state index contributed by atoms with van der Waals surface area (Å²) in [6.45, 7) is 4.37. The van der Waals surface area contributed by atoms with Crippen molar-refractivity contribution in [3.05, 3.63) is 63.3 Å². The molecule has 0 saturated carbocycles. The van der Waals surface area contributed by atoms with Crippen LogP contribution in [-0.2, 0) is 16.1 Å². The second kappa shape index (κ2) is 12.7. The number of unbranched alkanes of at least 4 members (excludes halogenated alkanes) is 1. The SMILES string of the molecule is CCCCNC(=O)[C@H](CC)N(Cc1ccc(F)cc1)C(=O)COc1ccc(Cl)cc1Br. The lowest BCUT2D eigenvalue weighted by atomic mass is 10.1. The summed E-state index contributed by atoms with van der Waals surface area (Å²) in [5, 5.41) is 3.44. The smallest absolute Gasteiger partial charge is 0.261 e. The number of halogens is 3. The lowest BCUT2D eigenvalue weighted by Gasteiger charge is -2.30. The highest BCUT2D eigenvalue weighted by Crippen LogP contribution is 2.28. The number of hydrogen-bond donors (Lipinski definition) is 1. The fraction of sp³-hybridized carbons (Fsp3) is 0.391. The van der Waals surface area contributed by atoms with Gasteiger partial charge in [0.05, 0.1) is 4.47 Å². The van der Waals surface area contributed by atoms with Gasteiger partial charge in [0.1, 0.15) is 17.6 Å². The Bertz CT molecular complexity index is 880. The fourth-order valence-corrected chi connectivity index (χ4v) is 3.82. The minimum absolute atomic E-state index is 0.171. The molecule has 0 radical (unpaired) electrons. The zero-order valence-electron chi connectivity index (χ0n) is 17.7. The molecule has 2 aromatic carbocycles. The van der Waals surface area contributed by atoms with Crippen molar-refractivity contribution in [1.82, 2.24) is 10.2 Å². The lowest BCUT2D eigenvalue weighted by molar-refractivity contribution is -0.143. The van der Waals surface area contributed by atoms with Crippen molar-refractivity contribution in [1.29, 1.82) is 0 Å². The molecule has 0 aromatic heterocycles. The van der Waals surface area contributed by atoms with Crippen molar-refractivity contribution < 1.29 is 18.7 Å². The number of carbonyl (C=O) groups is 2. The van der Waals surface area contributed by atoms with Crippen LogP contribution in [0.4, 0.5) is 4.39 Å². The topological polar surface area (TPSA) is 58.6 Å². The first-order valence-electron chi connectivity index (χ1n) is 10.2. The molecule has 1 N–H and O–H groups in total. The number of nitrogens with zero attached hydrogens (tertiary/aromatic N) is 1. The van der Waals surface area contributed by atoms with E-state index in [9.17, 15) is 14.0 Å². The minimum atomic E-state index is -0.660. The van der Waals surface area contributed by atoms with Crippen LogP contribution in [0.5, 0.6) is 5.75 Å². The average molecular weight is 514 g/mol. The van der Waals surface area contributed by atoms with Gasteiger partial charge in [-0.3, -0.25) is 9.59 Å². The first-order valence-corrected chi connectivity index (χ1v) is 11.4. The Kier molecular flexibility index (Phi) is 10.3. The zero-order chi connectivity index (χ0) is 22.8. The molecule has 2 aromatic rings. The van der Waals surface area contributed by atoms with E-state index in [1.54, 1.807) is 30.3 Å². The molecule has 0 aliphatic heterocycles. The van der Waals surface area contributed by atoms with E-state index in [0.717, 1.165) is 18.4 Å². The van der Waals surface area contributed by atoms with Gasteiger partial charge in [-0.15, -0.1) is 0 Å². The molecule has 2 rings (SSSR count). The summed E-state index contributed by atoms with van der Waals surface area (Å²) in [7, 11) is 0. The summed E-state index contributed by atoms with van der Waals surface area (Å²) in [6, 6.07) is 10.2. The number of amides is 2. The predicted octanol–water partition coefficient (Wildman–Crippen LogP) is 5.34. The Labute approximate surface area is 196 Å². The number of hydrogen-bond acceptors (Lipinski definition) is 3. The lowest BCUT2D eigenvalue weighted by Crippen LogP contribution is -2.50. The van der Waals surface area contributed by atoms with Gasteiger partial charge in [0.25, 0.3) is 5.91 Å². The van der Waals surface area contributed by atoms with Crippen molar-refractivity contribution >= 4 is 39.3 Å². The van der Waals surface area contributed by atoms with E-state index in [0.29, 0.717) is 28.2 Å². The largest absolute Gasteiger partial charge is 0.483 e. The molecule has 1 atom stereocenters. The maximum Gasteiger partial charge on any atom is 0.261 e. The van der Waals surface area contributed by atoms with E-state index in [1.807, 2.05) is 13.8 Å². The molecule has 8 heteroatoms. The van der Waals surface area contributed by atoms with Gasteiger partial charge in [0, 0.05) is 18.1 Å². The van der Waals surface area contributed by atoms with Crippen LogP contribution in [0.2, 0.25) is 5.02 Å². The Morgan fingerprint density at radius 3 is 2.52 bits per heavy atom. The van der Waals surface area contributed by atoms with Crippen LogP contribution < -0.4 is 10.1 Å². The molecule has 168 valence electrons. The predicted molar refractivity (Wildman–Crippen MR) is 124 cm³/mol. The van der Waals surface area contributed by atoms with E-state index >= 15 is 0 Å². The Morgan fingerprint density at radius 2 is 1.90 bits per heavy atom. The first-order chi connectivity index (χ1) is 14.8. The molecule has 0 aliphatic carbocycles. The number of rotatable bonds is 11. The van der Waals surface area contributed by atoms with E-state index in [4.69, 9.17) is 16.3 Å². The van der Waals surface area contributed by atoms with Gasteiger partial charge in [-0.25, -0.2) is 4.39 Å². The summed E-state index contributed by atoms with van der Waals surface area (Å²) < 4.78 is 19.6. The molecule has 0 spiro atoms. The minimum Gasteiger partial charge on any atom is -0.483 e. The van der Waals surface area contributed by atoms with Gasteiger partial charge < -0.3 is 15.0 Å². The quantitative estimate of drug-likeness (QED) is 0.412. The van der Waals surface area contributed by atoms with E-state index in [1.165, 1.54) is 17.0 Å². The van der Waals surface area contributed by atoms with Gasteiger partial charge in [-0.1, -0.05) is 44.0 Å². The average Bonchev–Trinajstić information content (AvgIpc) is 2.74. The van der Waals surface area contributed by atoms with Crippen LogP contribution in [0.3, 0.4) is 0 Å². The molecule has 0 heterocycles. The Balaban J connectivity index is 2.18. The summed E-state index contributed by atoms with van der Waals surface area (Å²) in [6.07, 6.45) is 2.26. The molecular formula is C23H27BrClFN2O3. The van der Waals surface area contributed by atoms with Crippen LogP contribution >= 0.6 is 27.5 Å². The molecule has 0 aliphatic rings. The third kappa shape index (κ3) is 7.82. The van der Waals surface area contributed by atoms with E-state index in [-0.39, 0.29) is 30.8 Å². The summed E-state index contributed by atoms with van der Waals surface area (Å²) in [5.74, 6) is -0.440. The Hall–Kier alpha value is -2.12. The van der Waals surface area contributed by atoms with Gasteiger partial charge in [-0.2, -0.15) is 0 Å². The summed E-state index contributed by atoms with van der Waals surface area (Å²) >= 11 is 9.31. The Morgan fingerprint density at radius 1 is 1.19 bits per heavy atom. The van der Waals surface area contributed by atoms with Gasteiger partial charge in [0.2, 0.25) is 5.91 Å². The fourth-order valence-electron chi connectivity index (χ4n) is 3.03. The number of nitrogens with one attached hydrogen (secondary N) is 1. The highest BCUT2D eigenvalue weighted by molar-refractivity contribution is 9.10. The second-order valence-electron chi connectivity index (χ2n) is 7.08. The molecule has 0 saturated heterocycles. The number of ether oxygens (including phenoxy) is 1. The van der Waals surface area contributed by atoms with Crippen LogP contribution in [0.1, 0.15) is 38.7 Å². The van der Waals surface area contributed by atoms with Crippen molar-refractivity contribution in [3.63, 3.8) is 0 Å². The van der Waals surface area contributed by atoms with E-state index < -0.39 is 6.04 Å². The molecular weight excluding hydrogens is 487 g/mol. The highest BCUT2D eigenvalue weighted by atomic mass is 79.9. The van der Waals surface area contributed by atoms with Gasteiger partial charge in [0.15, 0.2) is 6.61 Å². The number of benzene rings is 2. The van der Waals surface area contributed by atoms with E-state index in [2.05, 4.69) is 21.2 Å². The third-order valence-electron chi connectivity index (χ3n) is 4.73. The maximum absolute atomic E-state index is 13.3. The second-order valence-corrected chi connectivity index (χ2v) is 8.37. The van der Waals surface area contributed by atoms with Gasteiger partial charge >= 0.3 is 0 Å². The molecule has 2 amide bonds. The van der Waals surface area contributed by atoms with Gasteiger partial charge in [-0.05, 0) is 64.7 Å². The zero-order valence-corrected chi connectivity index (χ0v) is 20.0. The normalized spacial score (nSPS) is 11.6. The van der Waals surface area contributed by atoms with Crippen molar-refractivity contribution in [3.8, 4) is 5.75 Å². The van der Waals surface area contributed by atoms with Crippen molar-refractivity contribution in [2.45, 2.75) is 45.7 Å². The van der Waals surface area contributed by atoms with Crippen LogP contribution in [0.25, 0.3) is 0 Å². The molecule has 31 heavy (non-hydrogen) atoms. The van der Waals surface area contributed by atoms with Crippen LogP contribution in [-0.4, -0.2) is 35.9 Å². The van der Waals surface area contributed by atoms with Crippen LogP contribution in [0, 0.1) is 5.82 Å². The van der Waals surface area contributed by atoms with Crippen molar-refractivity contribution in [2.24, 2.45) is 0 Å². The molecule has 5 nitrogen and oxygen atoms in total. The highest BCUT2D eigenvalue weighted by Gasteiger charge is 2.29. The maximum atomic E-state index is 13.3. The standard InChI is InChI=1S/C23H27BrClFN2O3/c1-3-5-12-27-23(30)20(4-2)28(14-16-6-9-18(26)10-7-16)22(29)15-31-21-11-8-17(25)13-19(21)24/h6-11,13,20H,3-5,12,14-15H2,1-2H3,(H,27,30)/t20-/m0/s1. The summed E-state index contributed by atoms with van der Waals surface area (Å²) in [4.78, 5) is 27.4. The first kappa shape index (κ1) is 25.1. The number of carbonyl (C=O) groups excluding carboxylic acids is 2. The molecule has 0 fully saturated rings. The van der Waals surface area contributed by atoms with Crippen LogP contribution in [0.15, 0.2) is 46.9 Å².